The molecule has 0 bridgehead atoms. The Morgan fingerprint density at radius 1 is 0.850 bits per heavy atom. The number of benzene rings is 2. The molecule has 0 atom stereocenters. The van der Waals surface area contributed by atoms with E-state index in [2.05, 4.69) is 15.9 Å². The normalized spacial score (nSPS) is 14.9. The van der Waals surface area contributed by atoms with Gasteiger partial charge in [-0.1, -0.05) is 15.9 Å². The summed E-state index contributed by atoms with van der Waals surface area (Å²) in [7, 11) is 0. The minimum atomic E-state index is -0.00269. The molecule has 102 valence electrons. The molecule has 4 nitrogen and oxygen atoms in total. The fourth-order valence-electron chi connectivity index (χ4n) is 2.29. The zero-order valence-corrected chi connectivity index (χ0v) is 12.4. The van der Waals surface area contributed by atoms with E-state index >= 15 is 0 Å². The van der Waals surface area contributed by atoms with Crippen molar-refractivity contribution in [3.05, 3.63) is 53.0 Å². The summed E-state index contributed by atoms with van der Waals surface area (Å²) >= 11 is 3.40. The Balaban J connectivity index is 1.83. The van der Waals surface area contributed by atoms with Gasteiger partial charge in [-0.05, 0) is 48.5 Å². The first kappa shape index (κ1) is 13.0. The van der Waals surface area contributed by atoms with Crippen molar-refractivity contribution in [3.8, 4) is 0 Å². The molecule has 0 aromatic heterocycles. The SMILES string of the molecule is Nc1ccc(N2CCN(c3ccc(Br)cc3)C2=O)cc1. The van der Waals surface area contributed by atoms with E-state index in [9.17, 15) is 4.79 Å². The molecule has 2 aromatic carbocycles. The summed E-state index contributed by atoms with van der Waals surface area (Å²) in [6, 6.07) is 15.1. The van der Waals surface area contributed by atoms with E-state index in [0.29, 0.717) is 18.8 Å². The van der Waals surface area contributed by atoms with Gasteiger partial charge in [0.25, 0.3) is 0 Å². The molecule has 1 heterocycles. The van der Waals surface area contributed by atoms with E-state index in [-0.39, 0.29) is 6.03 Å². The number of nitrogen functional groups attached to an aromatic ring is 1. The molecule has 1 fully saturated rings. The van der Waals surface area contributed by atoms with Crippen molar-refractivity contribution in [2.24, 2.45) is 0 Å². The second kappa shape index (κ2) is 5.17. The minimum Gasteiger partial charge on any atom is -0.399 e. The molecule has 2 N–H and O–H groups in total. The summed E-state index contributed by atoms with van der Waals surface area (Å²) in [4.78, 5) is 16.0. The van der Waals surface area contributed by atoms with Crippen molar-refractivity contribution in [1.29, 1.82) is 0 Å². The van der Waals surface area contributed by atoms with Crippen molar-refractivity contribution in [2.45, 2.75) is 0 Å². The van der Waals surface area contributed by atoms with E-state index in [1.165, 1.54) is 0 Å². The van der Waals surface area contributed by atoms with Crippen LogP contribution in [0, 0.1) is 0 Å². The third-order valence-electron chi connectivity index (χ3n) is 3.35. The van der Waals surface area contributed by atoms with Gasteiger partial charge in [-0.2, -0.15) is 0 Å². The molecule has 0 saturated carbocycles. The molecular formula is C15H14BrN3O. The van der Waals surface area contributed by atoms with Gasteiger partial charge in [0.15, 0.2) is 0 Å². The van der Waals surface area contributed by atoms with Crippen LogP contribution in [0.5, 0.6) is 0 Å². The molecule has 1 saturated heterocycles. The average Bonchev–Trinajstić information content (AvgIpc) is 2.83. The van der Waals surface area contributed by atoms with Gasteiger partial charge < -0.3 is 5.73 Å². The monoisotopic (exact) mass is 331 g/mol. The van der Waals surface area contributed by atoms with Crippen LogP contribution in [0.2, 0.25) is 0 Å². The molecule has 0 radical (unpaired) electrons. The first-order chi connectivity index (χ1) is 9.65. The molecule has 2 amide bonds. The number of amides is 2. The highest BCUT2D eigenvalue weighted by Gasteiger charge is 2.30. The van der Waals surface area contributed by atoms with E-state index in [4.69, 9.17) is 5.73 Å². The number of carbonyl (C=O) groups is 1. The third kappa shape index (κ3) is 2.36. The third-order valence-corrected chi connectivity index (χ3v) is 3.88. The van der Waals surface area contributed by atoms with Crippen LogP contribution in [0.1, 0.15) is 0 Å². The first-order valence-corrected chi connectivity index (χ1v) is 7.14. The fourth-order valence-corrected chi connectivity index (χ4v) is 2.56. The fraction of sp³-hybridized carbons (Fsp3) is 0.133. The van der Waals surface area contributed by atoms with Gasteiger partial charge in [-0.3, -0.25) is 9.80 Å². The van der Waals surface area contributed by atoms with Gasteiger partial charge in [0.2, 0.25) is 0 Å². The predicted molar refractivity (Wildman–Crippen MR) is 85.1 cm³/mol. The Morgan fingerprint density at radius 3 is 1.80 bits per heavy atom. The van der Waals surface area contributed by atoms with Crippen LogP contribution >= 0.6 is 15.9 Å². The minimum absolute atomic E-state index is 0.00269. The van der Waals surface area contributed by atoms with Gasteiger partial charge in [0.1, 0.15) is 0 Å². The van der Waals surface area contributed by atoms with Crippen LogP contribution < -0.4 is 15.5 Å². The lowest BCUT2D eigenvalue weighted by molar-refractivity contribution is 0.256. The van der Waals surface area contributed by atoms with Gasteiger partial charge in [0, 0.05) is 34.6 Å². The highest BCUT2D eigenvalue weighted by atomic mass is 79.9. The number of anilines is 3. The van der Waals surface area contributed by atoms with E-state index in [0.717, 1.165) is 15.8 Å². The zero-order chi connectivity index (χ0) is 14.1. The Kier molecular flexibility index (Phi) is 3.36. The second-order valence-corrected chi connectivity index (χ2v) is 5.57. The van der Waals surface area contributed by atoms with E-state index in [1.807, 2.05) is 48.5 Å². The Hall–Kier alpha value is -2.01. The molecule has 3 rings (SSSR count). The zero-order valence-electron chi connectivity index (χ0n) is 10.8. The Bertz CT molecular complexity index is 569. The van der Waals surface area contributed by atoms with Gasteiger partial charge in [0.05, 0.1) is 0 Å². The number of urea groups is 1. The number of nitrogens with two attached hydrogens (primary N) is 1. The molecule has 2 aromatic rings. The summed E-state index contributed by atoms with van der Waals surface area (Å²) in [6.07, 6.45) is 0. The molecule has 20 heavy (non-hydrogen) atoms. The average molecular weight is 332 g/mol. The number of hydrogen-bond acceptors (Lipinski definition) is 2. The van der Waals surface area contributed by atoms with Crippen molar-refractivity contribution in [2.75, 3.05) is 28.6 Å². The first-order valence-electron chi connectivity index (χ1n) is 6.35. The topological polar surface area (TPSA) is 49.6 Å². The molecule has 0 aliphatic carbocycles. The molecule has 5 heteroatoms. The quantitative estimate of drug-likeness (QED) is 0.856. The molecule has 0 spiro atoms. The van der Waals surface area contributed by atoms with Gasteiger partial charge in [-0.25, -0.2) is 4.79 Å². The maximum absolute atomic E-state index is 12.5. The van der Waals surface area contributed by atoms with Crippen LogP contribution in [-0.2, 0) is 0 Å². The number of halogens is 1. The second-order valence-electron chi connectivity index (χ2n) is 4.65. The van der Waals surface area contributed by atoms with Crippen LogP contribution in [0.15, 0.2) is 53.0 Å². The van der Waals surface area contributed by atoms with Gasteiger partial charge >= 0.3 is 6.03 Å². The predicted octanol–water partition coefficient (Wildman–Crippen LogP) is 3.48. The van der Waals surface area contributed by atoms with Crippen molar-refractivity contribution in [3.63, 3.8) is 0 Å². The van der Waals surface area contributed by atoms with Crippen LogP contribution in [0.25, 0.3) is 0 Å². The lowest BCUT2D eigenvalue weighted by Crippen LogP contribution is -2.31. The number of carbonyl (C=O) groups excluding carboxylic acids is 1. The summed E-state index contributed by atoms with van der Waals surface area (Å²) < 4.78 is 1.00. The summed E-state index contributed by atoms with van der Waals surface area (Å²) in [5, 5.41) is 0. The molecule has 1 aliphatic heterocycles. The molecule has 1 aliphatic rings. The van der Waals surface area contributed by atoms with E-state index < -0.39 is 0 Å². The highest BCUT2D eigenvalue weighted by Crippen LogP contribution is 2.26. The number of rotatable bonds is 2. The highest BCUT2D eigenvalue weighted by molar-refractivity contribution is 9.10. The Labute approximate surface area is 125 Å². The maximum atomic E-state index is 12.5. The standard InChI is InChI=1S/C15H14BrN3O/c16-11-1-5-13(6-2-11)18-9-10-19(15(18)20)14-7-3-12(17)4-8-14/h1-8H,9-10,17H2. The van der Waals surface area contributed by atoms with Crippen LogP contribution in [0.3, 0.4) is 0 Å². The van der Waals surface area contributed by atoms with Crippen molar-refractivity contribution < 1.29 is 4.79 Å². The summed E-state index contributed by atoms with van der Waals surface area (Å²) in [5.41, 5.74) is 8.17. The van der Waals surface area contributed by atoms with Crippen LogP contribution in [0.4, 0.5) is 21.9 Å². The van der Waals surface area contributed by atoms with Crippen molar-refractivity contribution >= 4 is 39.0 Å². The molecular weight excluding hydrogens is 318 g/mol. The lowest BCUT2D eigenvalue weighted by atomic mass is 10.2. The lowest BCUT2D eigenvalue weighted by Gasteiger charge is -2.19. The van der Waals surface area contributed by atoms with Crippen molar-refractivity contribution in [1.82, 2.24) is 0 Å². The molecule has 0 unspecified atom stereocenters. The smallest absolute Gasteiger partial charge is 0.329 e. The summed E-state index contributed by atoms with van der Waals surface area (Å²) in [6.45, 7) is 1.36. The van der Waals surface area contributed by atoms with Gasteiger partial charge in [-0.15, -0.1) is 0 Å². The largest absolute Gasteiger partial charge is 0.399 e. The summed E-state index contributed by atoms with van der Waals surface area (Å²) in [5.74, 6) is 0. The van der Waals surface area contributed by atoms with E-state index in [1.54, 1.807) is 9.80 Å². The number of hydrogen-bond donors (Lipinski definition) is 1. The maximum Gasteiger partial charge on any atom is 0.329 e. The van der Waals surface area contributed by atoms with Crippen LogP contribution in [-0.4, -0.2) is 19.1 Å². The Morgan fingerprint density at radius 2 is 1.30 bits per heavy atom. The number of nitrogens with zero attached hydrogens (tertiary/aromatic N) is 2.